The van der Waals surface area contributed by atoms with Gasteiger partial charge in [-0.25, -0.2) is 9.67 Å². The maximum Gasteiger partial charge on any atom is 0.224 e. The molecule has 7 nitrogen and oxygen atoms in total. The smallest absolute Gasteiger partial charge is 0.224 e. The highest BCUT2D eigenvalue weighted by atomic mass is 16.5. The SMILES string of the molecule is Cc1noc(C)c1CCCNC(=O)C1CCc2ncnn2C1. The fourth-order valence-corrected chi connectivity index (χ4v) is 2.93. The standard InChI is InChI=1S/C15H21N5O2/c1-10-13(11(2)22-19-10)4-3-7-16-15(21)12-5-6-14-17-9-18-20(14)8-12/h9,12H,3-8H2,1-2H3,(H,16,21). The minimum Gasteiger partial charge on any atom is -0.361 e. The number of fused-ring (bicyclic) bond motifs is 1. The fraction of sp³-hybridized carbons (Fsp3) is 0.600. The fourth-order valence-electron chi connectivity index (χ4n) is 2.93. The molecule has 0 bridgehead atoms. The van der Waals surface area contributed by atoms with Crippen LogP contribution in [0, 0.1) is 19.8 Å². The monoisotopic (exact) mass is 303 g/mol. The van der Waals surface area contributed by atoms with Gasteiger partial charge in [0.2, 0.25) is 5.91 Å². The van der Waals surface area contributed by atoms with E-state index >= 15 is 0 Å². The third kappa shape index (κ3) is 3.03. The van der Waals surface area contributed by atoms with Crippen LogP contribution in [0.5, 0.6) is 0 Å². The Kier molecular flexibility index (Phi) is 4.22. The number of rotatable bonds is 5. The number of carbonyl (C=O) groups is 1. The van der Waals surface area contributed by atoms with Crippen molar-refractivity contribution >= 4 is 5.91 Å². The third-order valence-electron chi connectivity index (χ3n) is 4.26. The second-order valence-corrected chi connectivity index (χ2v) is 5.79. The first-order chi connectivity index (χ1) is 10.6. The summed E-state index contributed by atoms with van der Waals surface area (Å²) in [6, 6.07) is 0. The van der Waals surface area contributed by atoms with Crippen molar-refractivity contribution in [3.05, 3.63) is 29.2 Å². The van der Waals surface area contributed by atoms with Gasteiger partial charge in [-0.3, -0.25) is 4.79 Å². The van der Waals surface area contributed by atoms with Crippen molar-refractivity contribution in [3.8, 4) is 0 Å². The van der Waals surface area contributed by atoms with Gasteiger partial charge in [-0.2, -0.15) is 5.10 Å². The van der Waals surface area contributed by atoms with Crippen LogP contribution in [-0.2, 0) is 24.2 Å². The number of nitrogens with zero attached hydrogens (tertiary/aromatic N) is 4. The molecule has 3 rings (SSSR count). The van der Waals surface area contributed by atoms with E-state index in [1.165, 1.54) is 0 Å². The molecule has 0 aliphatic carbocycles. The zero-order valence-electron chi connectivity index (χ0n) is 13.0. The molecule has 1 atom stereocenters. The summed E-state index contributed by atoms with van der Waals surface area (Å²) in [5.41, 5.74) is 2.09. The average Bonchev–Trinajstić information content (AvgIpc) is 3.10. The molecule has 1 aliphatic rings. The number of nitrogens with one attached hydrogen (secondary N) is 1. The summed E-state index contributed by atoms with van der Waals surface area (Å²) in [6.45, 7) is 5.17. The van der Waals surface area contributed by atoms with Gasteiger partial charge in [-0.05, 0) is 33.1 Å². The second kappa shape index (κ2) is 6.29. The van der Waals surface area contributed by atoms with Crippen LogP contribution < -0.4 is 5.32 Å². The van der Waals surface area contributed by atoms with Crippen molar-refractivity contribution in [1.82, 2.24) is 25.2 Å². The van der Waals surface area contributed by atoms with Crippen LogP contribution in [0.2, 0.25) is 0 Å². The predicted molar refractivity (Wildman–Crippen MR) is 79.1 cm³/mol. The molecule has 1 N–H and O–H groups in total. The molecule has 0 saturated heterocycles. The van der Waals surface area contributed by atoms with Gasteiger partial charge in [0.25, 0.3) is 0 Å². The maximum atomic E-state index is 12.2. The summed E-state index contributed by atoms with van der Waals surface area (Å²) in [5.74, 6) is 1.95. The molecule has 1 unspecified atom stereocenters. The molecule has 1 amide bonds. The Balaban J connectivity index is 1.44. The van der Waals surface area contributed by atoms with E-state index in [0.717, 1.165) is 48.5 Å². The molecule has 118 valence electrons. The molecule has 2 aromatic rings. The van der Waals surface area contributed by atoms with E-state index in [2.05, 4.69) is 20.6 Å². The van der Waals surface area contributed by atoms with Gasteiger partial charge in [-0.1, -0.05) is 5.16 Å². The van der Waals surface area contributed by atoms with Gasteiger partial charge >= 0.3 is 0 Å². The Bertz CT molecular complexity index is 641. The molecular formula is C15H21N5O2. The van der Waals surface area contributed by atoms with Crippen LogP contribution >= 0.6 is 0 Å². The highest BCUT2D eigenvalue weighted by Crippen LogP contribution is 2.18. The number of aryl methyl sites for hydroxylation is 3. The minimum absolute atomic E-state index is 0.00624. The molecule has 22 heavy (non-hydrogen) atoms. The third-order valence-corrected chi connectivity index (χ3v) is 4.26. The Morgan fingerprint density at radius 2 is 2.36 bits per heavy atom. The van der Waals surface area contributed by atoms with Gasteiger partial charge in [0.15, 0.2) is 0 Å². The summed E-state index contributed by atoms with van der Waals surface area (Å²) in [5, 5.41) is 11.1. The maximum absolute atomic E-state index is 12.2. The van der Waals surface area contributed by atoms with Crippen molar-refractivity contribution in [1.29, 1.82) is 0 Å². The van der Waals surface area contributed by atoms with Crippen LogP contribution in [0.25, 0.3) is 0 Å². The Labute approximate surface area is 129 Å². The van der Waals surface area contributed by atoms with E-state index in [1.54, 1.807) is 6.33 Å². The molecular weight excluding hydrogens is 282 g/mol. The van der Waals surface area contributed by atoms with E-state index < -0.39 is 0 Å². The number of aromatic nitrogens is 4. The van der Waals surface area contributed by atoms with Crippen LogP contribution in [0.15, 0.2) is 10.9 Å². The van der Waals surface area contributed by atoms with Crippen molar-refractivity contribution in [2.45, 2.75) is 46.1 Å². The summed E-state index contributed by atoms with van der Waals surface area (Å²) in [4.78, 5) is 16.4. The van der Waals surface area contributed by atoms with Crippen LogP contribution in [-0.4, -0.2) is 32.4 Å². The molecule has 3 heterocycles. The van der Waals surface area contributed by atoms with E-state index in [1.807, 2.05) is 18.5 Å². The average molecular weight is 303 g/mol. The summed E-state index contributed by atoms with van der Waals surface area (Å²) >= 11 is 0. The van der Waals surface area contributed by atoms with E-state index in [-0.39, 0.29) is 11.8 Å². The molecule has 0 radical (unpaired) electrons. The highest BCUT2D eigenvalue weighted by Gasteiger charge is 2.25. The van der Waals surface area contributed by atoms with Gasteiger partial charge < -0.3 is 9.84 Å². The Morgan fingerprint density at radius 3 is 3.14 bits per heavy atom. The Morgan fingerprint density at radius 1 is 1.50 bits per heavy atom. The molecule has 1 aliphatic heterocycles. The topological polar surface area (TPSA) is 85.8 Å². The first-order valence-corrected chi connectivity index (χ1v) is 7.71. The van der Waals surface area contributed by atoms with E-state index in [4.69, 9.17) is 4.52 Å². The van der Waals surface area contributed by atoms with Crippen molar-refractivity contribution < 1.29 is 9.32 Å². The zero-order valence-corrected chi connectivity index (χ0v) is 13.0. The molecule has 0 fully saturated rings. The Hall–Kier alpha value is -2.18. The van der Waals surface area contributed by atoms with E-state index in [9.17, 15) is 4.79 Å². The number of carbonyl (C=O) groups excluding carboxylic acids is 1. The van der Waals surface area contributed by atoms with E-state index in [0.29, 0.717) is 13.1 Å². The highest BCUT2D eigenvalue weighted by molar-refractivity contribution is 5.78. The van der Waals surface area contributed by atoms with Gasteiger partial charge in [-0.15, -0.1) is 0 Å². The van der Waals surface area contributed by atoms with Crippen molar-refractivity contribution in [2.24, 2.45) is 5.92 Å². The zero-order chi connectivity index (χ0) is 15.5. The van der Waals surface area contributed by atoms with Crippen LogP contribution in [0.3, 0.4) is 0 Å². The predicted octanol–water partition coefficient (Wildman–Crippen LogP) is 1.19. The lowest BCUT2D eigenvalue weighted by Gasteiger charge is -2.21. The van der Waals surface area contributed by atoms with Crippen molar-refractivity contribution in [3.63, 3.8) is 0 Å². The summed E-state index contributed by atoms with van der Waals surface area (Å²) < 4.78 is 6.97. The lowest BCUT2D eigenvalue weighted by atomic mass is 9.99. The number of hydrogen-bond acceptors (Lipinski definition) is 5. The normalized spacial score (nSPS) is 17.3. The summed E-state index contributed by atoms with van der Waals surface area (Å²) in [7, 11) is 0. The number of hydrogen-bond donors (Lipinski definition) is 1. The summed E-state index contributed by atoms with van der Waals surface area (Å²) in [6.07, 6.45) is 4.97. The lowest BCUT2D eigenvalue weighted by molar-refractivity contribution is -0.126. The van der Waals surface area contributed by atoms with Gasteiger partial charge in [0.1, 0.15) is 17.9 Å². The van der Waals surface area contributed by atoms with Crippen LogP contribution in [0.1, 0.15) is 35.7 Å². The van der Waals surface area contributed by atoms with Gasteiger partial charge in [0, 0.05) is 18.5 Å². The molecule has 2 aromatic heterocycles. The first-order valence-electron chi connectivity index (χ1n) is 7.71. The first kappa shape index (κ1) is 14.7. The molecule has 0 spiro atoms. The van der Waals surface area contributed by atoms with Gasteiger partial charge in [0.05, 0.1) is 18.2 Å². The quantitative estimate of drug-likeness (QED) is 0.839. The number of amides is 1. The van der Waals surface area contributed by atoms with Crippen LogP contribution in [0.4, 0.5) is 0 Å². The largest absolute Gasteiger partial charge is 0.361 e. The minimum atomic E-state index is -0.00624. The van der Waals surface area contributed by atoms with Crippen molar-refractivity contribution in [2.75, 3.05) is 6.54 Å². The second-order valence-electron chi connectivity index (χ2n) is 5.79. The lowest BCUT2D eigenvalue weighted by Crippen LogP contribution is -2.36. The molecule has 0 saturated carbocycles. The molecule has 7 heteroatoms. The molecule has 0 aromatic carbocycles.